The molecule has 0 aromatic carbocycles. The molecular formula is C25H44O5Si. The molecule has 0 aliphatic carbocycles. The van der Waals surface area contributed by atoms with Crippen LogP contribution in [0.1, 0.15) is 88.0 Å². The van der Waals surface area contributed by atoms with Gasteiger partial charge in [-0.05, 0) is 35.9 Å². The number of ether oxygens (including phenoxy) is 2. The van der Waals surface area contributed by atoms with E-state index >= 15 is 0 Å². The number of carbonyl (C=O) groups is 2. The Kier molecular flexibility index (Phi) is 8.73. The van der Waals surface area contributed by atoms with Crippen LogP contribution in [0.3, 0.4) is 0 Å². The molecular weight excluding hydrogens is 408 g/mol. The summed E-state index contributed by atoms with van der Waals surface area (Å²) in [6.45, 7) is 20.0. The number of esters is 1. The topological polar surface area (TPSA) is 61.8 Å². The van der Waals surface area contributed by atoms with Crippen LogP contribution in [-0.4, -0.2) is 44.5 Å². The van der Waals surface area contributed by atoms with E-state index in [-0.39, 0.29) is 23.8 Å². The van der Waals surface area contributed by atoms with Gasteiger partial charge in [0.1, 0.15) is 11.7 Å². The Morgan fingerprint density at radius 1 is 1.16 bits per heavy atom. The van der Waals surface area contributed by atoms with Gasteiger partial charge in [0.05, 0.1) is 6.10 Å². The van der Waals surface area contributed by atoms with E-state index in [1.165, 1.54) is 12.5 Å². The van der Waals surface area contributed by atoms with Crippen LogP contribution >= 0.6 is 0 Å². The second-order valence-corrected chi connectivity index (χ2v) is 16.2. The third kappa shape index (κ3) is 5.69. The van der Waals surface area contributed by atoms with Crippen LogP contribution in [0.2, 0.25) is 16.6 Å². The Balaban J connectivity index is 2.26. The molecule has 5 nitrogen and oxygen atoms in total. The molecule has 0 aromatic rings. The largest absolute Gasteiger partial charge is 0.456 e. The lowest BCUT2D eigenvalue weighted by atomic mass is 9.81. The van der Waals surface area contributed by atoms with Crippen molar-refractivity contribution < 1.29 is 23.5 Å². The summed E-state index contributed by atoms with van der Waals surface area (Å²) in [7, 11) is -1.96. The van der Waals surface area contributed by atoms with Gasteiger partial charge in [-0.1, -0.05) is 60.1 Å². The normalized spacial score (nSPS) is 30.1. The molecule has 2 aliphatic rings. The fraction of sp³-hybridized carbons (Fsp3) is 0.840. The van der Waals surface area contributed by atoms with Gasteiger partial charge in [-0.2, -0.15) is 0 Å². The predicted octanol–water partition coefficient (Wildman–Crippen LogP) is 5.97. The van der Waals surface area contributed by atoms with E-state index in [9.17, 15) is 9.59 Å². The molecule has 2 bridgehead atoms. The maximum atomic E-state index is 12.6. The first-order valence-electron chi connectivity index (χ1n) is 12.0. The Bertz CT molecular complexity index is 662. The van der Waals surface area contributed by atoms with Gasteiger partial charge in [0.15, 0.2) is 14.1 Å². The summed E-state index contributed by atoms with van der Waals surface area (Å²) in [6.07, 6.45) is 3.77. The van der Waals surface area contributed by atoms with Gasteiger partial charge in [-0.15, -0.1) is 0 Å². The van der Waals surface area contributed by atoms with Gasteiger partial charge in [0.25, 0.3) is 0 Å². The third-order valence-electron chi connectivity index (χ3n) is 7.51. The Morgan fingerprint density at radius 3 is 2.26 bits per heavy atom. The zero-order chi connectivity index (χ0) is 23.6. The second kappa shape index (κ2) is 10.3. The number of carbonyl (C=O) groups excluding carboxylic acids is 2. The van der Waals surface area contributed by atoms with Crippen LogP contribution in [0, 0.1) is 5.92 Å². The van der Waals surface area contributed by atoms with Crippen molar-refractivity contribution in [2.24, 2.45) is 5.92 Å². The molecule has 2 aliphatic heterocycles. The van der Waals surface area contributed by atoms with Gasteiger partial charge >= 0.3 is 5.97 Å². The summed E-state index contributed by atoms with van der Waals surface area (Å²) in [5, 5.41) is 0. The van der Waals surface area contributed by atoms with E-state index in [1.807, 2.05) is 6.92 Å². The van der Waals surface area contributed by atoms with E-state index in [0.29, 0.717) is 48.9 Å². The van der Waals surface area contributed by atoms with Crippen LogP contribution in [0.5, 0.6) is 0 Å². The van der Waals surface area contributed by atoms with E-state index in [4.69, 9.17) is 13.9 Å². The SMILES string of the molecule is CC(=O)O[C@]1(C)C/C=C(/[C@H](C)CO[Si](C(C)C)(C(C)C)C(C)C)C[C@H]2O[C@@H]1CCC2=O. The fourth-order valence-electron chi connectivity index (χ4n) is 5.86. The molecule has 0 radical (unpaired) electrons. The van der Waals surface area contributed by atoms with Crippen LogP contribution in [0.25, 0.3) is 0 Å². The lowest BCUT2D eigenvalue weighted by molar-refractivity contribution is -0.189. The van der Waals surface area contributed by atoms with E-state index < -0.39 is 20.0 Å². The van der Waals surface area contributed by atoms with Crippen molar-refractivity contribution >= 4 is 20.1 Å². The second-order valence-electron chi connectivity index (χ2n) is 10.7. The Labute approximate surface area is 190 Å². The highest BCUT2D eigenvalue weighted by Gasteiger charge is 2.47. The van der Waals surface area contributed by atoms with Crippen LogP contribution in [-0.2, 0) is 23.5 Å². The summed E-state index contributed by atoms with van der Waals surface area (Å²) in [5.41, 5.74) is 2.02. The smallest absolute Gasteiger partial charge is 0.303 e. The van der Waals surface area contributed by atoms with Gasteiger partial charge in [-0.3, -0.25) is 9.59 Å². The number of fused-ring (bicyclic) bond motifs is 2. The van der Waals surface area contributed by atoms with Crippen LogP contribution in [0.4, 0.5) is 0 Å². The first-order chi connectivity index (χ1) is 14.3. The maximum Gasteiger partial charge on any atom is 0.303 e. The molecule has 0 spiro atoms. The van der Waals surface area contributed by atoms with Crippen molar-refractivity contribution in [1.29, 1.82) is 0 Å². The highest BCUT2D eigenvalue weighted by atomic mass is 28.4. The molecule has 1 fully saturated rings. The van der Waals surface area contributed by atoms with Crippen molar-refractivity contribution in [3.05, 3.63) is 11.6 Å². The van der Waals surface area contributed by atoms with Gasteiger partial charge < -0.3 is 13.9 Å². The van der Waals surface area contributed by atoms with Gasteiger partial charge in [-0.25, -0.2) is 0 Å². The van der Waals surface area contributed by atoms with Crippen LogP contribution in [0.15, 0.2) is 11.6 Å². The Morgan fingerprint density at radius 2 is 1.74 bits per heavy atom. The molecule has 0 saturated carbocycles. The third-order valence-corrected chi connectivity index (χ3v) is 13.6. The number of hydrogen-bond donors (Lipinski definition) is 0. The van der Waals surface area contributed by atoms with Crippen molar-refractivity contribution in [3.8, 4) is 0 Å². The summed E-state index contributed by atoms with van der Waals surface area (Å²) < 4.78 is 18.8. The monoisotopic (exact) mass is 452 g/mol. The first-order valence-corrected chi connectivity index (χ1v) is 14.2. The maximum absolute atomic E-state index is 12.6. The predicted molar refractivity (Wildman–Crippen MR) is 127 cm³/mol. The number of Topliss-reactive ketones (excluding diaryl/α,β-unsaturated/α-hetero) is 1. The molecule has 2 rings (SSSR count). The molecule has 0 N–H and O–H groups in total. The standard InChI is InChI=1S/C25H44O5Si/c1-16(2)31(17(3)4,18(5)6)28-15-19(7)21-12-13-25(9,30-20(8)26)24-11-10-22(27)23(14-21)29-24/h12,16-19,23-24H,10-11,13-15H2,1-9H3/b21-12+/t19-,23-,24-,25-/m1/s1. The summed E-state index contributed by atoms with van der Waals surface area (Å²) in [6, 6.07) is 0. The van der Waals surface area contributed by atoms with E-state index in [0.717, 1.165) is 0 Å². The zero-order valence-corrected chi connectivity index (χ0v) is 22.1. The molecule has 6 heteroatoms. The molecule has 1 saturated heterocycles. The highest BCUT2D eigenvalue weighted by Crippen LogP contribution is 2.43. The number of ketones is 1. The lowest BCUT2D eigenvalue weighted by Gasteiger charge is -2.44. The Hall–Kier alpha value is -0.983. The molecule has 0 amide bonds. The molecule has 31 heavy (non-hydrogen) atoms. The summed E-state index contributed by atoms with van der Waals surface area (Å²) >= 11 is 0. The quantitative estimate of drug-likeness (QED) is 0.258. The molecule has 2 heterocycles. The van der Waals surface area contributed by atoms with Crippen molar-refractivity contribution in [2.75, 3.05) is 6.61 Å². The molecule has 178 valence electrons. The molecule has 4 atom stereocenters. The molecule has 0 unspecified atom stereocenters. The minimum Gasteiger partial charge on any atom is -0.456 e. The average molecular weight is 453 g/mol. The highest BCUT2D eigenvalue weighted by molar-refractivity contribution is 6.77. The van der Waals surface area contributed by atoms with Gasteiger partial charge in [0, 0.05) is 32.8 Å². The molecule has 0 aromatic heterocycles. The number of rotatable bonds is 8. The van der Waals surface area contributed by atoms with E-state index in [2.05, 4.69) is 54.5 Å². The first kappa shape index (κ1) is 26.3. The summed E-state index contributed by atoms with van der Waals surface area (Å²) in [4.78, 5) is 24.4. The fourth-order valence-corrected chi connectivity index (χ4v) is 11.4. The van der Waals surface area contributed by atoms with E-state index in [1.54, 1.807) is 0 Å². The summed E-state index contributed by atoms with van der Waals surface area (Å²) in [5.74, 6) is 0.0187. The van der Waals surface area contributed by atoms with Crippen molar-refractivity contribution in [2.45, 2.75) is 122 Å². The zero-order valence-electron chi connectivity index (χ0n) is 21.1. The van der Waals surface area contributed by atoms with Gasteiger partial charge in [0.2, 0.25) is 0 Å². The number of hydrogen-bond acceptors (Lipinski definition) is 5. The average Bonchev–Trinajstić information content (AvgIpc) is 2.64. The van der Waals surface area contributed by atoms with Crippen molar-refractivity contribution in [1.82, 2.24) is 0 Å². The van der Waals surface area contributed by atoms with Crippen molar-refractivity contribution in [3.63, 3.8) is 0 Å². The van der Waals surface area contributed by atoms with Crippen LogP contribution < -0.4 is 0 Å². The minimum absolute atomic E-state index is 0.151. The minimum atomic E-state index is -1.96. The lowest BCUT2D eigenvalue weighted by Crippen LogP contribution is -2.51.